The lowest BCUT2D eigenvalue weighted by atomic mass is 10.0. The van der Waals surface area contributed by atoms with Gasteiger partial charge in [-0.1, -0.05) is 42.5 Å². The fourth-order valence-electron chi connectivity index (χ4n) is 4.12. The third-order valence-electron chi connectivity index (χ3n) is 5.97. The highest BCUT2D eigenvalue weighted by Gasteiger charge is 2.18. The lowest BCUT2D eigenvalue weighted by Crippen LogP contribution is -2.26. The summed E-state index contributed by atoms with van der Waals surface area (Å²) < 4.78 is 5.30. The highest BCUT2D eigenvalue weighted by Crippen LogP contribution is 2.26. The molecule has 1 atom stereocenters. The number of hydrogen-bond acceptors (Lipinski definition) is 5. The van der Waals surface area contributed by atoms with Gasteiger partial charge in [0.25, 0.3) is 0 Å². The number of aliphatic carboxylic acids is 1. The van der Waals surface area contributed by atoms with E-state index in [4.69, 9.17) is 4.74 Å². The summed E-state index contributed by atoms with van der Waals surface area (Å²) in [6.07, 6.45) is 2.77. The van der Waals surface area contributed by atoms with Gasteiger partial charge in [-0.25, -0.2) is 4.79 Å². The number of ether oxygens (including phenoxy) is 1. The number of carbonyl (C=O) groups excluding carboxylic acids is 1. The van der Waals surface area contributed by atoms with Gasteiger partial charge in [-0.05, 0) is 53.1 Å². The van der Waals surface area contributed by atoms with Crippen LogP contribution in [-0.2, 0) is 33.7 Å². The van der Waals surface area contributed by atoms with Crippen LogP contribution in [0.4, 0.5) is 0 Å². The molecule has 0 bridgehead atoms. The zero-order chi connectivity index (χ0) is 24.6. The predicted molar refractivity (Wildman–Crippen MR) is 140 cm³/mol. The normalized spacial score (nSPS) is 12.1. The first kappa shape index (κ1) is 24.9. The van der Waals surface area contributed by atoms with Gasteiger partial charge in [0.15, 0.2) is 6.10 Å². The number of H-pyrrole nitrogens is 1. The molecule has 0 aliphatic heterocycles. The standard InChI is InChI=1S/C28H30N2O4S/c1-2-34-27(28(32)33)13-19-7-9-20(10-8-19)22-14-24(35-18-22)17-29-16-23(31)12-11-21-15-30-26-6-4-3-5-25(21)26/h3-10,14-15,18,27,29-30H,2,11-13,16-17H2,1H3,(H,32,33). The Balaban J connectivity index is 1.23. The molecule has 0 aliphatic carbocycles. The molecule has 4 aromatic rings. The molecule has 2 heterocycles. The fraction of sp³-hybridized carbons (Fsp3) is 0.286. The van der Waals surface area contributed by atoms with Crippen molar-refractivity contribution in [2.24, 2.45) is 0 Å². The summed E-state index contributed by atoms with van der Waals surface area (Å²) in [7, 11) is 0. The second kappa shape index (κ2) is 11.9. The van der Waals surface area contributed by atoms with Gasteiger partial charge in [0.05, 0.1) is 6.54 Å². The topological polar surface area (TPSA) is 91.4 Å². The summed E-state index contributed by atoms with van der Waals surface area (Å²) >= 11 is 1.66. The van der Waals surface area contributed by atoms with Gasteiger partial charge in [-0.3, -0.25) is 4.79 Å². The predicted octanol–water partition coefficient (Wildman–Crippen LogP) is 5.22. The minimum atomic E-state index is -0.942. The van der Waals surface area contributed by atoms with Gasteiger partial charge in [-0.2, -0.15) is 0 Å². The van der Waals surface area contributed by atoms with Crippen LogP contribution in [0.3, 0.4) is 0 Å². The van der Waals surface area contributed by atoms with E-state index in [2.05, 4.69) is 27.8 Å². The Morgan fingerprint density at radius 1 is 1.11 bits per heavy atom. The van der Waals surface area contributed by atoms with Crippen molar-refractivity contribution in [3.8, 4) is 11.1 Å². The first-order valence-electron chi connectivity index (χ1n) is 11.8. The number of nitrogens with one attached hydrogen (secondary N) is 2. The number of hydrogen-bond donors (Lipinski definition) is 3. The average Bonchev–Trinajstić information content (AvgIpc) is 3.50. The molecule has 0 saturated carbocycles. The summed E-state index contributed by atoms with van der Waals surface area (Å²) in [4.78, 5) is 28.1. The van der Waals surface area contributed by atoms with Crippen LogP contribution in [0.15, 0.2) is 66.2 Å². The highest BCUT2D eigenvalue weighted by molar-refractivity contribution is 7.10. The third kappa shape index (κ3) is 6.66. The van der Waals surface area contributed by atoms with Crippen molar-refractivity contribution in [3.05, 3.63) is 82.2 Å². The Morgan fingerprint density at radius 3 is 2.69 bits per heavy atom. The molecule has 1 unspecified atom stereocenters. The molecular formula is C28H30N2O4S. The fourth-order valence-corrected chi connectivity index (χ4v) is 4.98. The number of carbonyl (C=O) groups is 2. The molecule has 0 saturated heterocycles. The molecule has 2 aromatic carbocycles. The van der Waals surface area contributed by atoms with Crippen LogP contribution in [0, 0.1) is 0 Å². The molecule has 3 N–H and O–H groups in total. The van der Waals surface area contributed by atoms with Crippen LogP contribution >= 0.6 is 11.3 Å². The Labute approximate surface area is 209 Å². The number of rotatable bonds is 13. The number of Topliss-reactive ketones (excluding diaryl/α,β-unsaturated/α-hetero) is 1. The average molecular weight is 491 g/mol. The van der Waals surface area contributed by atoms with Crippen molar-refractivity contribution in [2.45, 2.75) is 38.8 Å². The molecule has 0 radical (unpaired) electrons. The summed E-state index contributed by atoms with van der Waals surface area (Å²) in [5.41, 5.74) is 5.40. The maximum absolute atomic E-state index is 12.4. The highest BCUT2D eigenvalue weighted by atomic mass is 32.1. The number of fused-ring (bicyclic) bond motifs is 1. The molecule has 0 fully saturated rings. The van der Waals surface area contributed by atoms with Gasteiger partial charge < -0.3 is 20.1 Å². The molecule has 2 aromatic heterocycles. The SMILES string of the molecule is CCOC(Cc1ccc(-c2csc(CNCC(=O)CCc3c[nH]c4ccccc34)c2)cc1)C(=O)O. The molecule has 4 rings (SSSR count). The number of aryl methyl sites for hydroxylation is 1. The number of aromatic nitrogens is 1. The van der Waals surface area contributed by atoms with E-state index in [0.717, 1.165) is 33.5 Å². The first-order chi connectivity index (χ1) is 17.0. The van der Waals surface area contributed by atoms with E-state index < -0.39 is 12.1 Å². The van der Waals surface area contributed by atoms with Crippen LogP contribution in [-0.4, -0.2) is 41.1 Å². The molecule has 182 valence electrons. The van der Waals surface area contributed by atoms with Crippen LogP contribution in [0.2, 0.25) is 0 Å². The van der Waals surface area contributed by atoms with Gasteiger partial charge >= 0.3 is 5.97 Å². The van der Waals surface area contributed by atoms with E-state index in [-0.39, 0.29) is 5.78 Å². The van der Waals surface area contributed by atoms with E-state index in [1.54, 1.807) is 18.3 Å². The van der Waals surface area contributed by atoms with Crippen LogP contribution < -0.4 is 5.32 Å². The van der Waals surface area contributed by atoms with Gasteiger partial charge in [0, 0.05) is 48.0 Å². The summed E-state index contributed by atoms with van der Waals surface area (Å²) in [6.45, 7) is 3.17. The second-order valence-electron chi connectivity index (χ2n) is 8.49. The van der Waals surface area contributed by atoms with Crippen molar-refractivity contribution in [3.63, 3.8) is 0 Å². The van der Waals surface area contributed by atoms with Crippen molar-refractivity contribution in [1.29, 1.82) is 0 Å². The molecule has 6 nitrogen and oxygen atoms in total. The third-order valence-corrected chi connectivity index (χ3v) is 6.91. The quantitative estimate of drug-likeness (QED) is 0.239. The van der Waals surface area contributed by atoms with Crippen molar-refractivity contribution in [1.82, 2.24) is 10.3 Å². The van der Waals surface area contributed by atoms with Gasteiger partial charge in [0.1, 0.15) is 5.78 Å². The number of benzene rings is 2. The Bertz CT molecular complexity index is 1280. The Hall–Kier alpha value is -3.26. The zero-order valence-electron chi connectivity index (χ0n) is 19.8. The van der Waals surface area contributed by atoms with E-state index in [1.165, 1.54) is 10.9 Å². The smallest absolute Gasteiger partial charge is 0.333 e. The maximum Gasteiger partial charge on any atom is 0.333 e. The summed E-state index contributed by atoms with van der Waals surface area (Å²) in [6, 6.07) is 18.2. The van der Waals surface area contributed by atoms with Gasteiger partial charge in [-0.15, -0.1) is 11.3 Å². The van der Waals surface area contributed by atoms with Crippen molar-refractivity contribution >= 4 is 34.0 Å². The Morgan fingerprint density at radius 2 is 1.91 bits per heavy atom. The lowest BCUT2D eigenvalue weighted by molar-refractivity contribution is -0.149. The van der Waals surface area contributed by atoms with Crippen LogP contribution in [0.1, 0.15) is 29.3 Å². The number of ketones is 1. The van der Waals surface area contributed by atoms with Crippen LogP contribution in [0.5, 0.6) is 0 Å². The van der Waals surface area contributed by atoms with Gasteiger partial charge in [0.2, 0.25) is 0 Å². The molecular weight excluding hydrogens is 460 g/mol. The molecule has 0 spiro atoms. The van der Waals surface area contributed by atoms with Crippen LogP contribution in [0.25, 0.3) is 22.0 Å². The first-order valence-corrected chi connectivity index (χ1v) is 12.7. The Kier molecular flexibility index (Phi) is 8.47. The minimum absolute atomic E-state index is 0.203. The largest absolute Gasteiger partial charge is 0.479 e. The van der Waals surface area contributed by atoms with E-state index >= 15 is 0 Å². The van der Waals surface area contributed by atoms with E-state index in [0.29, 0.717) is 32.5 Å². The molecule has 0 aliphatic rings. The van der Waals surface area contributed by atoms with Crippen molar-refractivity contribution < 1.29 is 19.4 Å². The maximum atomic E-state index is 12.4. The van der Waals surface area contributed by atoms with E-state index in [9.17, 15) is 14.7 Å². The van der Waals surface area contributed by atoms with Crippen molar-refractivity contribution in [2.75, 3.05) is 13.2 Å². The van der Waals surface area contributed by atoms with E-state index in [1.807, 2.05) is 48.7 Å². The monoisotopic (exact) mass is 490 g/mol. The number of aromatic amines is 1. The number of carboxylic acid groups (broad SMARTS) is 1. The number of thiophene rings is 1. The number of carboxylic acids is 1. The zero-order valence-corrected chi connectivity index (χ0v) is 20.6. The minimum Gasteiger partial charge on any atom is -0.479 e. The second-order valence-corrected chi connectivity index (χ2v) is 9.48. The summed E-state index contributed by atoms with van der Waals surface area (Å²) in [5.74, 6) is -0.739. The number of para-hydroxylation sites is 1. The molecule has 35 heavy (non-hydrogen) atoms. The molecule has 7 heteroatoms. The molecule has 0 amide bonds. The summed E-state index contributed by atoms with van der Waals surface area (Å²) in [5, 5.41) is 15.8. The lowest BCUT2D eigenvalue weighted by Gasteiger charge is -2.12.